The quantitative estimate of drug-likeness (QED) is 0.861. The highest BCUT2D eigenvalue weighted by atomic mass is 35.5. The highest BCUT2D eigenvalue weighted by Gasteiger charge is 2.12. The van der Waals surface area contributed by atoms with Crippen molar-refractivity contribution in [2.75, 3.05) is 11.9 Å². The van der Waals surface area contributed by atoms with Crippen LogP contribution >= 0.6 is 11.6 Å². The molecule has 0 aliphatic rings. The maximum absolute atomic E-state index is 5.97. The fourth-order valence-corrected chi connectivity index (χ4v) is 2.10. The van der Waals surface area contributed by atoms with Gasteiger partial charge in [0.05, 0.1) is 5.56 Å². The number of halogens is 1. The van der Waals surface area contributed by atoms with E-state index in [9.17, 15) is 0 Å². The molecule has 0 radical (unpaired) electrons. The summed E-state index contributed by atoms with van der Waals surface area (Å²) in [6.45, 7) is 4.96. The summed E-state index contributed by atoms with van der Waals surface area (Å²) in [5.41, 5.74) is 0.997. The zero-order valence-corrected chi connectivity index (χ0v) is 12.4. The van der Waals surface area contributed by atoms with Gasteiger partial charge < -0.3 is 10.1 Å². The predicted octanol–water partition coefficient (Wildman–Crippen LogP) is 4.31. The first-order chi connectivity index (χ1) is 9.74. The molecule has 4 nitrogen and oxygen atoms in total. The maximum atomic E-state index is 5.97. The fourth-order valence-electron chi connectivity index (χ4n) is 1.92. The number of anilines is 1. The largest absolute Gasteiger partial charge is 0.438 e. The minimum Gasteiger partial charge on any atom is -0.438 e. The lowest BCUT2D eigenvalue weighted by molar-refractivity contribution is 0.454. The van der Waals surface area contributed by atoms with Crippen molar-refractivity contribution in [2.24, 2.45) is 0 Å². The van der Waals surface area contributed by atoms with Crippen LogP contribution in [-0.2, 0) is 6.42 Å². The van der Waals surface area contributed by atoms with Gasteiger partial charge in [-0.1, -0.05) is 31.0 Å². The van der Waals surface area contributed by atoms with Gasteiger partial charge in [0.2, 0.25) is 5.88 Å². The zero-order chi connectivity index (χ0) is 14.4. The number of hydrogen-bond donors (Lipinski definition) is 1. The van der Waals surface area contributed by atoms with Gasteiger partial charge in [-0.25, -0.2) is 9.97 Å². The third kappa shape index (κ3) is 3.61. The van der Waals surface area contributed by atoms with Crippen molar-refractivity contribution in [1.82, 2.24) is 9.97 Å². The van der Waals surface area contributed by atoms with E-state index in [0.717, 1.165) is 30.8 Å². The van der Waals surface area contributed by atoms with Crippen LogP contribution in [-0.4, -0.2) is 16.5 Å². The third-order valence-electron chi connectivity index (χ3n) is 2.76. The molecule has 5 heteroatoms. The molecule has 0 bridgehead atoms. The third-order valence-corrected chi connectivity index (χ3v) is 3.00. The van der Waals surface area contributed by atoms with E-state index in [2.05, 4.69) is 22.2 Å². The van der Waals surface area contributed by atoms with E-state index in [1.165, 1.54) is 6.33 Å². The Labute approximate surface area is 124 Å². The minimum absolute atomic E-state index is 0.583. The van der Waals surface area contributed by atoms with E-state index >= 15 is 0 Å². The van der Waals surface area contributed by atoms with Gasteiger partial charge in [-0.3, -0.25) is 0 Å². The van der Waals surface area contributed by atoms with Crippen LogP contribution in [0.2, 0.25) is 5.02 Å². The number of nitrogens with zero attached hydrogens (tertiary/aromatic N) is 2. The molecule has 0 fully saturated rings. The SMILES string of the molecule is CCCc1c(NCC)ncnc1Oc1cccc(Cl)c1. The van der Waals surface area contributed by atoms with Gasteiger partial charge in [0, 0.05) is 11.6 Å². The van der Waals surface area contributed by atoms with Crippen molar-refractivity contribution in [3.8, 4) is 11.6 Å². The molecule has 20 heavy (non-hydrogen) atoms. The molecule has 0 unspecified atom stereocenters. The maximum Gasteiger partial charge on any atom is 0.227 e. The van der Waals surface area contributed by atoms with Gasteiger partial charge in [0.1, 0.15) is 17.9 Å². The molecule has 0 aliphatic carbocycles. The molecule has 0 spiro atoms. The topological polar surface area (TPSA) is 47.0 Å². The molecule has 1 heterocycles. The van der Waals surface area contributed by atoms with Crippen LogP contribution in [0.25, 0.3) is 0 Å². The summed E-state index contributed by atoms with van der Waals surface area (Å²) in [6.07, 6.45) is 3.37. The monoisotopic (exact) mass is 291 g/mol. The summed E-state index contributed by atoms with van der Waals surface area (Å²) in [7, 11) is 0. The van der Waals surface area contributed by atoms with Crippen molar-refractivity contribution in [2.45, 2.75) is 26.7 Å². The molecule has 106 valence electrons. The van der Waals surface area contributed by atoms with E-state index in [1.807, 2.05) is 25.1 Å². The summed E-state index contributed by atoms with van der Waals surface area (Å²) in [5, 5.41) is 3.88. The van der Waals surface area contributed by atoms with Crippen molar-refractivity contribution in [3.63, 3.8) is 0 Å². The van der Waals surface area contributed by atoms with E-state index < -0.39 is 0 Å². The van der Waals surface area contributed by atoms with Crippen LogP contribution in [0, 0.1) is 0 Å². The zero-order valence-electron chi connectivity index (χ0n) is 11.7. The number of ether oxygens (including phenoxy) is 1. The Morgan fingerprint density at radius 3 is 2.80 bits per heavy atom. The Bertz CT molecular complexity index is 575. The van der Waals surface area contributed by atoms with Gasteiger partial charge in [-0.2, -0.15) is 0 Å². The van der Waals surface area contributed by atoms with Crippen molar-refractivity contribution in [1.29, 1.82) is 0 Å². The molecule has 0 aliphatic heterocycles. The predicted molar refractivity (Wildman–Crippen MR) is 81.7 cm³/mol. The van der Waals surface area contributed by atoms with Gasteiger partial charge in [-0.15, -0.1) is 0 Å². The Morgan fingerprint density at radius 2 is 2.10 bits per heavy atom. The second kappa shape index (κ2) is 7.10. The van der Waals surface area contributed by atoms with Crippen molar-refractivity contribution in [3.05, 3.63) is 41.2 Å². The fraction of sp³-hybridized carbons (Fsp3) is 0.333. The first-order valence-corrected chi connectivity index (χ1v) is 7.13. The van der Waals surface area contributed by atoms with Crippen molar-refractivity contribution >= 4 is 17.4 Å². The Balaban J connectivity index is 2.32. The molecule has 1 aromatic heterocycles. The van der Waals surface area contributed by atoms with Crippen LogP contribution in [0.5, 0.6) is 11.6 Å². The smallest absolute Gasteiger partial charge is 0.227 e. The summed E-state index contributed by atoms with van der Waals surface area (Å²) < 4.78 is 5.85. The summed E-state index contributed by atoms with van der Waals surface area (Å²) >= 11 is 5.97. The minimum atomic E-state index is 0.583. The molecular formula is C15H18ClN3O. The summed E-state index contributed by atoms with van der Waals surface area (Å²) in [6, 6.07) is 7.29. The van der Waals surface area contributed by atoms with Crippen LogP contribution in [0.1, 0.15) is 25.8 Å². The standard InChI is InChI=1S/C15H18ClN3O/c1-3-6-13-14(17-4-2)18-10-19-15(13)20-12-8-5-7-11(16)9-12/h5,7-10H,3-4,6H2,1-2H3,(H,17,18,19). The van der Waals surface area contributed by atoms with Gasteiger partial charge in [0.15, 0.2) is 0 Å². The van der Waals surface area contributed by atoms with Crippen LogP contribution in [0.3, 0.4) is 0 Å². The summed E-state index contributed by atoms with van der Waals surface area (Å²) in [5.74, 6) is 2.09. The lowest BCUT2D eigenvalue weighted by Gasteiger charge is -2.13. The number of aromatic nitrogens is 2. The average Bonchev–Trinajstić information content (AvgIpc) is 2.43. The number of benzene rings is 1. The molecule has 1 N–H and O–H groups in total. The molecule has 0 saturated carbocycles. The van der Waals surface area contributed by atoms with E-state index in [-0.39, 0.29) is 0 Å². The van der Waals surface area contributed by atoms with Gasteiger partial charge in [-0.05, 0) is 31.5 Å². The molecular weight excluding hydrogens is 274 g/mol. The highest BCUT2D eigenvalue weighted by Crippen LogP contribution is 2.29. The van der Waals surface area contributed by atoms with Crippen LogP contribution in [0.4, 0.5) is 5.82 Å². The number of rotatable bonds is 6. The molecule has 2 aromatic rings. The summed E-state index contributed by atoms with van der Waals surface area (Å²) in [4.78, 5) is 8.53. The first-order valence-electron chi connectivity index (χ1n) is 6.75. The number of hydrogen-bond acceptors (Lipinski definition) is 4. The van der Waals surface area contributed by atoms with E-state index in [0.29, 0.717) is 16.7 Å². The molecule has 0 amide bonds. The normalized spacial score (nSPS) is 10.3. The van der Waals surface area contributed by atoms with Crippen molar-refractivity contribution < 1.29 is 4.74 Å². The Kier molecular flexibility index (Phi) is 5.18. The van der Waals surface area contributed by atoms with Crippen LogP contribution in [0.15, 0.2) is 30.6 Å². The van der Waals surface area contributed by atoms with E-state index in [1.54, 1.807) is 6.07 Å². The van der Waals surface area contributed by atoms with Gasteiger partial charge in [0.25, 0.3) is 0 Å². The average molecular weight is 292 g/mol. The first kappa shape index (κ1) is 14.6. The second-order valence-electron chi connectivity index (χ2n) is 4.35. The molecule has 1 aromatic carbocycles. The second-order valence-corrected chi connectivity index (χ2v) is 4.78. The molecule has 2 rings (SSSR count). The lowest BCUT2D eigenvalue weighted by atomic mass is 10.1. The highest BCUT2D eigenvalue weighted by molar-refractivity contribution is 6.30. The molecule has 0 saturated heterocycles. The van der Waals surface area contributed by atoms with Crippen LogP contribution < -0.4 is 10.1 Å². The molecule has 0 atom stereocenters. The van der Waals surface area contributed by atoms with E-state index in [4.69, 9.17) is 16.3 Å². The van der Waals surface area contributed by atoms with Gasteiger partial charge >= 0.3 is 0 Å². The number of nitrogens with one attached hydrogen (secondary N) is 1. The Hall–Kier alpha value is -1.81. The Morgan fingerprint density at radius 1 is 1.25 bits per heavy atom. The lowest BCUT2D eigenvalue weighted by Crippen LogP contribution is -2.06.